The molecule has 1 aliphatic heterocycles. The molecule has 0 saturated heterocycles. The molecule has 0 bridgehead atoms. The third-order valence-corrected chi connectivity index (χ3v) is 2.73. The van der Waals surface area contributed by atoms with Gasteiger partial charge in [-0.15, -0.1) is 0 Å². The molecule has 0 spiro atoms. The predicted molar refractivity (Wildman–Crippen MR) is 53.7 cm³/mol. The highest BCUT2D eigenvalue weighted by molar-refractivity contribution is 5.71. The van der Waals surface area contributed by atoms with Crippen molar-refractivity contribution in [3.63, 3.8) is 0 Å². The molecular formula is C11H13NO2. The van der Waals surface area contributed by atoms with Gasteiger partial charge in [0, 0.05) is 13.0 Å². The fraction of sp³-hybridized carbons (Fsp3) is 0.364. The summed E-state index contributed by atoms with van der Waals surface area (Å²) >= 11 is 0. The molecule has 0 aromatic rings. The van der Waals surface area contributed by atoms with Gasteiger partial charge in [0.25, 0.3) is 0 Å². The molecule has 0 aromatic heterocycles. The number of likely N-dealkylation sites (N-methyl/N-ethyl adjacent to an activating group) is 1. The van der Waals surface area contributed by atoms with Crippen molar-refractivity contribution in [2.24, 2.45) is 5.92 Å². The van der Waals surface area contributed by atoms with Crippen LogP contribution in [0.1, 0.15) is 6.42 Å². The Labute approximate surface area is 83.0 Å². The SMILES string of the molecule is CN1C=CC2C=CC=C(CC(=O)O)C21. The molecule has 2 unspecified atom stereocenters. The number of carbonyl (C=O) groups is 1. The zero-order valence-corrected chi connectivity index (χ0v) is 8.05. The van der Waals surface area contributed by atoms with Crippen LogP contribution in [-0.4, -0.2) is 29.1 Å². The smallest absolute Gasteiger partial charge is 0.307 e. The Hall–Kier alpha value is -1.51. The van der Waals surface area contributed by atoms with E-state index in [0.29, 0.717) is 5.92 Å². The predicted octanol–water partition coefficient (Wildman–Crippen LogP) is 1.40. The fourth-order valence-electron chi connectivity index (χ4n) is 2.13. The molecule has 1 N–H and O–H groups in total. The maximum absolute atomic E-state index is 10.7. The van der Waals surface area contributed by atoms with Crippen LogP contribution in [0.25, 0.3) is 0 Å². The van der Waals surface area contributed by atoms with Crippen LogP contribution >= 0.6 is 0 Å². The van der Waals surface area contributed by atoms with Gasteiger partial charge in [-0.25, -0.2) is 0 Å². The normalized spacial score (nSPS) is 28.9. The van der Waals surface area contributed by atoms with E-state index in [1.807, 2.05) is 25.4 Å². The third kappa shape index (κ3) is 1.45. The van der Waals surface area contributed by atoms with Crippen LogP contribution in [0.2, 0.25) is 0 Å². The first-order valence-corrected chi connectivity index (χ1v) is 4.68. The van der Waals surface area contributed by atoms with E-state index in [2.05, 4.69) is 17.1 Å². The molecule has 1 aliphatic carbocycles. The Morgan fingerprint density at radius 2 is 2.36 bits per heavy atom. The second kappa shape index (κ2) is 3.33. The molecular weight excluding hydrogens is 178 g/mol. The lowest BCUT2D eigenvalue weighted by Gasteiger charge is -2.29. The second-order valence-electron chi connectivity index (χ2n) is 3.73. The average Bonchev–Trinajstić information content (AvgIpc) is 2.48. The van der Waals surface area contributed by atoms with Gasteiger partial charge in [0.2, 0.25) is 0 Å². The third-order valence-electron chi connectivity index (χ3n) is 2.73. The minimum absolute atomic E-state index is 0.136. The Bertz CT molecular complexity index is 341. The van der Waals surface area contributed by atoms with Crippen LogP contribution < -0.4 is 0 Å². The molecule has 2 rings (SSSR count). The summed E-state index contributed by atoms with van der Waals surface area (Å²) in [6, 6.07) is 0.219. The van der Waals surface area contributed by atoms with Crippen LogP contribution in [0.4, 0.5) is 0 Å². The molecule has 74 valence electrons. The van der Waals surface area contributed by atoms with Crippen molar-refractivity contribution >= 4 is 5.97 Å². The first-order chi connectivity index (χ1) is 6.68. The largest absolute Gasteiger partial charge is 0.481 e. The Morgan fingerprint density at radius 3 is 3.07 bits per heavy atom. The summed E-state index contributed by atoms with van der Waals surface area (Å²) in [6.07, 6.45) is 10.2. The number of hydrogen-bond donors (Lipinski definition) is 1. The van der Waals surface area contributed by atoms with E-state index < -0.39 is 5.97 Å². The quantitative estimate of drug-likeness (QED) is 0.717. The standard InChI is InChI=1S/C11H13NO2/c1-12-6-5-8-3-2-4-9(11(8)12)7-10(13)14/h2-6,8,11H,7H2,1H3,(H,13,14). The van der Waals surface area contributed by atoms with E-state index in [-0.39, 0.29) is 12.5 Å². The number of carboxylic acid groups (broad SMARTS) is 1. The van der Waals surface area contributed by atoms with E-state index in [1.54, 1.807) is 0 Å². The topological polar surface area (TPSA) is 40.5 Å². The van der Waals surface area contributed by atoms with Gasteiger partial charge in [-0.2, -0.15) is 0 Å². The fourth-order valence-corrected chi connectivity index (χ4v) is 2.13. The van der Waals surface area contributed by atoms with Gasteiger partial charge in [-0.1, -0.05) is 24.3 Å². The van der Waals surface area contributed by atoms with Crippen molar-refractivity contribution in [3.05, 3.63) is 36.1 Å². The van der Waals surface area contributed by atoms with Crippen molar-refractivity contribution in [1.82, 2.24) is 4.90 Å². The monoisotopic (exact) mass is 191 g/mol. The second-order valence-corrected chi connectivity index (χ2v) is 3.73. The highest BCUT2D eigenvalue weighted by Crippen LogP contribution is 2.31. The molecule has 14 heavy (non-hydrogen) atoms. The molecule has 0 saturated carbocycles. The first-order valence-electron chi connectivity index (χ1n) is 4.68. The van der Waals surface area contributed by atoms with Gasteiger partial charge in [-0.3, -0.25) is 4.79 Å². The molecule has 0 amide bonds. The summed E-state index contributed by atoms with van der Waals surface area (Å²) in [5.74, 6) is -0.412. The van der Waals surface area contributed by atoms with Crippen LogP contribution in [0.3, 0.4) is 0 Å². The highest BCUT2D eigenvalue weighted by Gasteiger charge is 2.30. The van der Waals surface area contributed by atoms with Gasteiger partial charge in [0.1, 0.15) is 0 Å². The van der Waals surface area contributed by atoms with E-state index in [1.165, 1.54) is 0 Å². The highest BCUT2D eigenvalue weighted by atomic mass is 16.4. The number of fused-ring (bicyclic) bond motifs is 1. The van der Waals surface area contributed by atoms with Crippen LogP contribution in [0.15, 0.2) is 36.1 Å². The zero-order chi connectivity index (χ0) is 10.1. The van der Waals surface area contributed by atoms with Crippen molar-refractivity contribution in [2.75, 3.05) is 7.05 Å². The van der Waals surface area contributed by atoms with Crippen molar-refractivity contribution < 1.29 is 9.90 Å². The van der Waals surface area contributed by atoms with Crippen LogP contribution in [0.5, 0.6) is 0 Å². The maximum atomic E-state index is 10.7. The molecule has 0 aromatic carbocycles. The number of allylic oxidation sites excluding steroid dienone is 2. The van der Waals surface area contributed by atoms with Gasteiger partial charge in [0.15, 0.2) is 0 Å². The van der Waals surface area contributed by atoms with Crippen molar-refractivity contribution in [3.8, 4) is 0 Å². The summed E-state index contributed by atoms with van der Waals surface area (Å²) in [4.78, 5) is 12.7. The Morgan fingerprint density at radius 1 is 1.57 bits per heavy atom. The number of nitrogens with zero attached hydrogens (tertiary/aromatic N) is 1. The summed E-state index contributed by atoms with van der Waals surface area (Å²) in [5.41, 5.74) is 0.984. The maximum Gasteiger partial charge on any atom is 0.307 e. The minimum Gasteiger partial charge on any atom is -0.481 e. The lowest BCUT2D eigenvalue weighted by Crippen LogP contribution is -2.32. The van der Waals surface area contributed by atoms with Gasteiger partial charge >= 0.3 is 5.97 Å². The first kappa shape index (κ1) is 9.06. The Kier molecular flexibility index (Phi) is 2.15. The van der Waals surface area contributed by atoms with E-state index in [4.69, 9.17) is 5.11 Å². The molecule has 3 heteroatoms. The van der Waals surface area contributed by atoms with Gasteiger partial charge in [-0.05, 0) is 11.8 Å². The molecule has 2 atom stereocenters. The Balaban J connectivity index is 2.20. The van der Waals surface area contributed by atoms with E-state index in [0.717, 1.165) is 5.57 Å². The van der Waals surface area contributed by atoms with Crippen LogP contribution in [0, 0.1) is 5.92 Å². The molecule has 0 radical (unpaired) electrons. The van der Waals surface area contributed by atoms with Gasteiger partial charge in [0.05, 0.1) is 12.5 Å². The van der Waals surface area contributed by atoms with Crippen molar-refractivity contribution in [1.29, 1.82) is 0 Å². The summed E-state index contributed by atoms with van der Waals surface area (Å²) in [7, 11) is 1.98. The summed E-state index contributed by atoms with van der Waals surface area (Å²) < 4.78 is 0. The zero-order valence-electron chi connectivity index (χ0n) is 8.05. The van der Waals surface area contributed by atoms with E-state index >= 15 is 0 Å². The number of aliphatic carboxylic acids is 1. The van der Waals surface area contributed by atoms with Gasteiger partial charge < -0.3 is 10.0 Å². The molecule has 1 heterocycles. The molecule has 0 fully saturated rings. The summed E-state index contributed by atoms with van der Waals surface area (Å²) in [6.45, 7) is 0. The number of carboxylic acids is 1. The summed E-state index contributed by atoms with van der Waals surface area (Å²) in [5, 5.41) is 8.77. The average molecular weight is 191 g/mol. The lowest BCUT2D eigenvalue weighted by molar-refractivity contribution is -0.136. The van der Waals surface area contributed by atoms with Crippen molar-refractivity contribution in [2.45, 2.75) is 12.5 Å². The number of hydrogen-bond acceptors (Lipinski definition) is 2. The van der Waals surface area contributed by atoms with E-state index in [9.17, 15) is 4.79 Å². The molecule has 3 nitrogen and oxygen atoms in total. The molecule has 2 aliphatic rings. The van der Waals surface area contributed by atoms with Crippen LogP contribution in [-0.2, 0) is 4.79 Å². The minimum atomic E-state index is -0.759. The number of rotatable bonds is 2. The lowest BCUT2D eigenvalue weighted by atomic mass is 9.88.